The molecule has 2 aliphatic heterocycles. The summed E-state index contributed by atoms with van der Waals surface area (Å²) in [6, 6.07) is 21.8. The van der Waals surface area contributed by atoms with Crippen molar-refractivity contribution in [2.45, 2.75) is 22.6 Å². The van der Waals surface area contributed by atoms with Crippen molar-refractivity contribution in [1.82, 2.24) is 0 Å². The van der Waals surface area contributed by atoms with Gasteiger partial charge in [-0.15, -0.1) is 0 Å². The number of amides is 2. The molecule has 0 saturated carbocycles. The Morgan fingerprint density at radius 3 is 2.53 bits per heavy atom. The number of nitrogens with zero attached hydrogens (tertiary/aromatic N) is 1. The molecule has 3 aromatic carbocycles. The Labute approximate surface area is 201 Å². The van der Waals surface area contributed by atoms with Crippen LogP contribution in [0.5, 0.6) is 0 Å². The van der Waals surface area contributed by atoms with E-state index >= 15 is 0 Å². The standard InChI is InChI=1S/C27H20N2O4S/c1-33-25(31)20-8-4-6-18(16-20)12-13-19-7-5-9-21(17-19)28-26(32)27-15-14-24(30)29(27)22-10-2-3-11-23(22)34-27/h2-11,16-17H,14-15H2,1H3,(H,28,32). The number of rotatable bonds is 3. The van der Waals surface area contributed by atoms with E-state index in [-0.39, 0.29) is 11.8 Å². The van der Waals surface area contributed by atoms with Gasteiger partial charge in [-0.05, 0) is 55.0 Å². The third-order valence-electron chi connectivity index (χ3n) is 5.78. The Bertz CT molecular complexity index is 1390. The van der Waals surface area contributed by atoms with Crippen LogP contribution in [-0.2, 0) is 14.3 Å². The summed E-state index contributed by atoms with van der Waals surface area (Å²) >= 11 is 1.43. The quantitative estimate of drug-likeness (QED) is 0.454. The number of hydrogen-bond acceptors (Lipinski definition) is 5. The van der Waals surface area contributed by atoms with Gasteiger partial charge in [-0.1, -0.05) is 47.9 Å². The number of anilines is 2. The van der Waals surface area contributed by atoms with Gasteiger partial charge in [0.25, 0.3) is 5.91 Å². The van der Waals surface area contributed by atoms with Crippen LogP contribution in [0, 0.1) is 11.8 Å². The van der Waals surface area contributed by atoms with E-state index in [1.807, 2.05) is 42.5 Å². The Morgan fingerprint density at radius 2 is 1.74 bits per heavy atom. The van der Waals surface area contributed by atoms with Crippen molar-refractivity contribution in [3.8, 4) is 11.8 Å². The number of carbonyl (C=O) groups excluding carboxylic acids is 3. The lowest BCUT2D eigenvalue weighted by molar-refractivity contribution is -0.121. The SMILES string of the molecule is COC(=O)c1cccc(C#Cc2cccc(NC(=O)C34CCC(=O)N3c3ccccc3S4)c2)c1. The molecule has 0 radical (unpaired) electrons. The molecule has 0 bridgehead atoms. The van der Waals surface area contributed by atoms with Crippen LogP contribution in [0.1, 0.15) is 34.3 Å². The second-order valence-corrected chi connectivity index (χ2v) is 9.26. The van der Waals surface area contributed by atoms with Crippen molar-refractivity contribution in [1.29, 1.82) is 0 Å². The zero-order chi connectivity index (χ0) is 23.7. The number of nitrogens with one attached hydrogen (secondary N) is 1. The van der Waals surface area contributed by atoms with Crippen LogP contribution in [0.4, 0.5) is 11.4 Å². The van der Waals surface area contributed by atoms with Gasteiger partial charge in [0.05, 0.1) is 18.4 Å². The molecule has 2 amide bonds. The lowest BCUT2D eigenvalue weighted by Gasteiger charge is -2.29. The van der Waals surface area contributed by atoms with Crippen molar-refractivity contribution in [3.63, 3.8) is 0 Å². The van der Waals surface area contributed by atoms with Gasteiger partial charge in [-0.3, -0.25) is 14.5 Å². The smallest absolute Gasteiger partial charge is 0.337 e. The predicted octanol–water partition coefficient (Wildman–Crippen LogP) is 4.44. The molecule has 0 aliphatic carbocycles. The highest BCUT2D eigenvalue weighted by Crippen LogP contribution is 2.56. The van der Waals surface area contributed by atoms with Crippen molar-refractivity contribution in [2.24, 2.45) is 0 Å². The normalized spacial score (nSPS) is 17.9. The third kappa shape index (κ3) is 3.82. The number of hydrogen-bond donors (Lipinski definition) is 1. The average Bonchev–Trinajstić information content (AvgIpc) is 3.38. The second-order valence-electron chi connectivity index (χ2n) is 7.94. The minimum Gasteiger partial charge on any atom is -0.465 e. The molecule has 3 aromatic rings. The topological polar surface area (TPSA) is 75.7 Å². The summed E-state index contributed by atoms with van der Waals surface area (Å²) in [7, 11) is 1.34. The summed E-state index contributed by atoms with van der Waals surface area (Å²) in [6.07, 6.45) is 0.790. The van der Waals surface area contributed by atoms with E-state index in [1.165, 1.54) is 18.9 Å². The zero-order valence-electron chi connectivity index (χ0n) is 18.3. The molecule has 34 heavy (non-hydrogen) atoms. The van der Waals surface area contributed by atoms with E-state index in [2.05, 4.69) is 17.2 Å². The first-order chi connectivity index (χ1) is 16.5. The summed E-state index contributed by atoms with van der Waals surface area (Å²) in [6.45, 7) is 0. The van der Waals surface area contributed by atoms with E-state index in [4.69, 9.17) is 4.74 Å². The van der Waals surface area contributed by atoms with Gasteiger partial charge in [0.2, 0.25) is 5.91 Å². The number of thioether (sulfide) groups is 1. The number of fused-ring (bicyclic) bond motifs is 3. The molecule has 2 heterocycles. The molecule has 1 saturated heterocycles. The number of benzene rings is 3. The molecular weight excluding hydrogens is 448 g/mol. The minimum absolute atomic E-state index is 0.0404. The number of para-hydroxylation sites is 1. The summed E-state index contributed by atoms with van der Waals surface area (Å²) in [5, 5.41) is 2.99. The Kier molecular flexibility index (Phi) is 5.60. The van der Waals surface area contributed by atoms with Gasteiger partial charge in [0.1, 0.15) is 0 Å². The monoisotopic (exact) mass is 468 g/mol. The Hall–Kier alpha value is -4.02. The number of methoxy groups -OCH3 is 1. The highest BCUT2D eigenvalue weighted by molar-refractivity contribution is 8.02. The largest absolute Gasteiger partial charge is 0.465 e. The molecule has 7 heteroatoms. The van der Waals surface area contributed by atoms with Crippen molar-refractivity contribution in [3.05, 3.63) is 89.5 Å². The first kappa shape index (κ1) is 21.8. The predicted molar refractivity (Wildman–Crippen MR) is 131 cm³/mol. The summed E-state index contributed by atoms with van der Waals surface area (Å²) in [5.74, 6) is 5.43. The molecular formula is C27H20N2O4S. The van der Waals surface area contributed by atoms with Gasteiger partial charge in [0.15, 0.2) is 4.87 Å². The van der Waals surface area contributed by atoms with E-state index in [0.29, 0.717) is 35.2 Å². The Balaban J connectivity index is 1.37. The van der Waals surface area contributed by atoms with Crippen molar-refractivity contribution in [2.75, 3.05) is 17.3 Å². The van der Waals surface area contributed by atoms with Gasteiger partial charge in [-0.2, -0.15) is 0 Å². The van der Waals surface area contributed by atoms with Gasteiger partial charge >= 0.3 is 5.97 Å². The summed E-state index contributed by atoms with van der Waals surface area (Å²) < 4.78 is 4.75. The van der Waals surface area contributed by atoms with Crippen molar-refractivity contribution >= 4 is 40.9 Å². The molecule has 1 unspecified atom stereocenters. The highest BCUT2D eigenvalue weighted by atomic mass is 32.2. The average molecular weight is 469 g/mol. The van der Waals surface area contributed by atoms with Gasteiger partial charge in [-0.25, -0.2) is 4.79 Å². The fourth-order valence-electron chi connectivity index (χ4n) is 4.19. The number of ether oxygens (including phenoxy) is 1. The van der Waals surface area contributed by atoms with E-state index in [1.54, 1.807) is 35.2 Å². The lowest BCUT2D eigenvalue weighted by atomic mass is 10.1. The van der Waals surface area contributed by atoms with Crippen LogP contribution in [0.25, 0.3) is 0 Å². The van der Waals surface area contributed by atoms with E-state index in [0.717, 1.165) is 10.6 Å². The van der Waals surface area contributed by atoms with Crippen LogP contribution in [0.15, 0.2) is 77.7 Å². The maximum atomic E-state index is 13.4. The maximum Gasteiger partial charge on any atom is 0.337 e. The zero-order valence-corrected chi connectivity index (χ0v) is 19.1. The van der Waals surface area contributed by atoms with Crippen LogP contribution < -0.4 is 10.2 Å². The number of carbonyl (C=O) groups is 3. The number of esters is 1. The molecule has 0 spiro atoms. The maximum absolute atomic E-state index is 13.4. The highest BCUT2D eigenvalue weighted by Gasteiger charge is 2.57. The molecule has 6 nitrogen and oxygen atoms in total. The van der Waals surface area contributed by atoms with Crippen LogP contribution in [0.2, 0.25) is 0 Å². The molecule has 1 atom stereocenters. The minimum atomic E-state index is -0.975. The molecule has 1 N–H and O–H groups in total. The van der Waals surface area contributed by atoms with Crippen LogP contribution in [-0.4, -0.2) is 29.8 Å². The molecule has 1 fully saturated rings. The molecule has 2 aliphatic rings. The Morgan fingerprint density at radius 1 is 1.00 bits per heavy atom. The summed E-state index contributed by atoms with van der Waals surface area (Å²) in [5.41, 5.74) is 3.21. The fourth-order valence-corrected chi connectivity index (χ4v) is 5.60. The molecule has 168 valence electrons. The second kappa shape index (κ2) is 8.73. The summed E-state index contributed by atoms with van der Waals surface area (Å²) in [4.78, 5) is 39.4. The van der Waals surface area contributed by atoms with Gasteiger partial charge < -0.3 is 10.1 Å². The fraction of sp³-hybridized carbons (Fsp3) is 0.148. The van der Waals surface area contributed by atoms with E-state index < -0.39 is 10.8 Å². The first-order valence-corrected chi connectivity index (χ1v) is 11.5. The van der Waals surface area contributed by atoms with Crippen LogP contribution in [0.3, 0.4) is 0 Å². The molecule has 5 rings (SSSR count). The first-order valence-electron chi connectivity index (χ1n) is 10.7. The van der Waals surface area contributed by atoms with Crippen molar-refractivity contribution < 1.29 is 19.1 Å². The van der Waals surface area contributed by atoms with Crippen LogP contribution >= 0.6 is 11.8 Å². The molecule has 0 aromatic heterocycles. The third-order valence-corrected chi connectivity index (χ3v) is 7.26. The lowest BCUT2D eigenvalue weighted by Crippen LogP contribution is -2.49. The van der Waals surface area contributed by atoms with E-state index in [9.17, 15) is 14.4 Å². The van der Waals surface area contributed by atoms with Gasteiger partial charge in [0, 0.05) is 28.1 Å².